The zero-order chi connectivity index (χ0) is 20.1. The van der Waals surface area contributed by atoms with Crippen LogP contribution in [0.5, 0.6) is 0 Å². The maximum absolute atomic E-state index is 11.0. The Bertz CT molecular complexity index is 1010. The maximum Gasteiger partial charge on any atom is 0.303 e. The molecule has 0 unspecified atom stereocenters. The number of aryl methyl sites for hydroxylation is 1. The molecule has 0 atom stereocenters. The highest BCUT2D eigenvalue weighted by Gasteiger charge is 2.19. The van der Waals surface area contributed by atoms with E-state index >= 15 is 0 Å². The number of fused-ring (bicyclic) bond motifs is 1. The molecule has 0 aliphatic heterocycles. The van der Waals surface area contributed by atoms with Crippen LogP contribution in [0, 0.1) is 0 Å². The summed E-state index contributed by atoms with van der Waals surface area (Å²) in [6.07, 6.45) is 7.48. The number of rotatable bonds is 9. The first kappa shape index (κ1) is 19.8. The third-order valence-electron chi connectivity index (χ3n) is 4.81. The Balaban J connectivity index is 2.26. The molecule has 0 amide bonds. The summed E-state index contributed by atoms with van der Waals surface area (Å²) in [4.78, 5) is 15.4. The second-order valence-corrected chi connectivity index (χ2v) is 6.67. The lowest BCUT2D eigenvalue weighted by molar-refractivity contribution is -0.137. The SMILES string of the molecule is C=Cc1cncc(-c2c(CCCC(=O)O)c(COC)nn3c(CC)ccc23)c1. The van der Waals surface area contributed by atoms with E-state index in [4.69, 9.17) is 14.9 Å². The normalized spacial score (nSPS) is 11.1. The van der Waals surface area contributed by atoms with Crippen molar-refractivity contribution < 1.29 is 14.6 Å². The van der Waals surface area contributed by atoms with Crippen molar-refractivity contribution in [1.29, 1.82) is 0 Å². The third kappa shape index (κ3) is 3.97. The van der Waals surface area contributed by atoms with Gasteiger partial charge in [-0.1, -0.05) is 19.6 Å². The highest BCUT2D eigenvalue weighted by molar-refractivity contribution is 5.84. The Hall–Kier alpha value is -2.99. The van der Waals surface area contributed by atoms with E-state index < -0.39 is 5.97 Å². The first-order valence-corrected chi connectivity index (χ1v) is 9.40. The molecule has 146 valence electrons. The van der Waals surface area contributed by atoms with E-state index in [2.05, 4.69) is 30.6 Å². The Morgan fingerprint density at radius 1 is 1.36 bits per heavy atom. The predicted octanol–water partition coefficient (Wildman–Crippen LogP) is 4.16. The fraction of sp³-hybridized carbons (Fsp3) is 0.318. The Kier molecular flexibility index (Phi) is 6.21. The number of ether oxygens (including phenoxy) is 1. The van der Waals surface area contributed by atoms with Crippen LogP contribution in [0.2, 0.25) is 0 Å². The van der Waals surface area contributed by atoms with Crippen molar-refractivity contribution in [1.82, 2.24) is 14.6 Å². The fourth-order valence-electron chi connectivity index (χ4n) is 3.49. The third-order valence-corrected chi connectivity index (χ3v) is 4.81. The predicted molar refractivity (Wildman–Crippen MR) is 109 cm³/mol. The van der Waals surface area contributed by atoms with Gasteiger partial charge in [-0.05, 0) is 48.6 Å². The van der Waals surface area contributed by atoms with E-state index in [1.165, 1.54) is 0 Å². The molecule has 6 nitrogen and oxygen atoms in total. The van der Waals surface area contributed by atoms with Crippen LogP contribution in [-0.2, 0) is 29.0 Å². The molecule has 0 saturated heterocycles. The van der Waals surface area contributed by atoms with E-state index in [9.17, 15) is 4.79 Å². The number of methoxy groups -OCH3 is 1. The number of aliphatic carboxylic acids is 1. The molecule has 3 aromatic rings. The summed E-state index contributed by atoms with van der Waals surface area (Å²) < 4.78 is 7.37. The molecule has 0 aliphatic carbocycles. The number of aromatic nitrogens is 3. The summed E-state index contributed by atoms with van der Waals surface area (Å²) in [5.41, 5.74) is 6.87. The molecule has 3 rings (SSSR count). The van der Waals surface area contributed by atoms with E-state index in [1.54, 1.807) is 19.4 Å². The van der Waals surface area contributed by atoms with E-state index in [0.717, 1.165) is 45.6 Å². The van der Waals surface area contributed by atoms with Gasteiger partial charge in [0.25, 0.3) is 0 Å². The lowest BCUT2D eigenvalue weighted by atomic mass is 9.95. The minimum atomic E-state index is -0.796. The van der Waals surface area contributed by atoms with Gasteiger partial charge >= 0.3 is 5.97 Å². The van der Waals surface area contributed by atoms with Gasteiger partial charge in [-0.15, -0.1) is 0 Å². The van der Waals surface area contributed by atoms with Gasteiger partial charge in [-0.2, -0.15) is 5.10 Å². The van der Waals surface area contributed by atoms with Gasteiger partial charge in [0.15, 0.2) is 0 Å². The molecular weight excluding hydrogens is 354 g/mol. The summed E-state index contributed by atoms with van der Waals surface area (Å²) in [5, 5.41) is 13.9. The standard InChI is InChI=1S/C22H25N3O3/c1-4-15-11-16(13-23-12-15)22-18(7-6-8-21(26)27)19(14-28-3)24-25-17(5-2)9-10-20(22)25/h4,9-13H,1,5-8,14H2,2-3H3,(H,26,27). The van der Waals surface area contributed by atoms with Gasteiger partial charge in [0.2, 0.25) is 0 Å². The fourth-order valence-corrected chi connectivity index (χ4v) is 3.49. The topological polar surface area (TPSA) is 76.7 Å². The number of hydrogen-bond donors (Lipinski definition) is 1. The van der Waals surface area contributed by atoms with Crippen LogP contribution in [0.4, 0.5) is 0 Å². The van der Waals surface area contributed by atoms with E-state index in [0.29, 0.717) is 19.4 Å². The van der Waals surface area contributed by atoms with Crippen molar-refractivity contribution in [2.24, 2.45) is 0 Å². The average Bonchev–Trinajstić information content (AvgIpc) is 3.10. The molecule has 3 aromatic heterocycles. The van der Waals surface area contributed by atoms with Crippen molar-refractivity contribution in [3.05, 3.63) is 59.7 Å². The summed E-state index contributed by atoms with van der Waals surface area (Å²) in [5.74, 6) is -0.796. The molecule has 3 heterocycles. The quantitative estimate of drug-likeness (QED) is 0.604. The zero-order valence-corrected chi connectivity index (χ0v) is 16.3. The average molecular weight is 379 g/mol. The van der Waals surface area contributed by atoms with E-state index in [1.807, 2.05) is 16.8 Å². The summed E-state index contributed by atoms with van der Waals surface area (Å²) in [6.45, 7) is 6.30. The summed E-state index contributed by atoms with van der Waals surface area (Å²) in [6, 6.07) is 6.19. The highest BCUT2D eigenvalue weighted by Crippen LogP contribution is 2.33. The number of carboxylic acid groups (broad SMARTS) is 1. The minimum absolute atomic E-state index is 0.114. The van der Waals surface area contributed by atoms with Gasteiger partial charge in [0, 0.05) is 42.7 Å². The first-order chi connectivity index (χ1) is 13.6. The van der Waals surface area contributed by atoms with Crippen LogP contribution in [0.15, 0.2) is 37.2 Å². The summed E-state index contributed by atoms with van der Waals surface area (Å²) in [7, 11) is 1.64. The lowest BCUT2D eigenvalue weighted by Gasteiger charge is -2.17. The molecule has 1 N–H and O–H groups in total. The second kappa shape index (κ2) is 8.80. The van der Waals surface area contributed by atoms with Crippen LogP contribution in [0.25, 0.3) is 22.7 Å². The lowest BCUT2D eigenvalue weighted by Crippen LogP contribution is -2.10. The van der Waals surface area contributed by atoms with Crippen molar-refractivity contribution in [3.63, 3.8) is 0 Å². The molecule has 0 aromatic carbocycles. The van der Waals surface area contributed by atoms with Gasteiger partial charge < -0.3 is 9.84 Å². The second-order valence-electron chi connectivity index (χ2n) is 6.67. The molecule has 0 saturated carbocycles. The van der Waals surface area contributed by atoms with Gasteiger partial charge in [-0.25, -0.2) is 4.52 Å². The van der Waals surface area contributed by atoms with Crippen LogP contribution >= 0.6 is 0 Å². The van der Waals surface area contributed by atoms with Crippen LogP contribution in [0.3, 0.4) is 0 Å². The molecule has 0 spiro atoms. The summed E-state index contributed by atoms with van der Waals surface area (Å²) >= 11 is 0. The van der Waals surface area contributed by atoms with Crippen molar-refractivity contribution in [2.75, 3.05) is 7.11 Å². The largest absolute Gasteiger partial charge is 0.481 e. The van der Waals surface area contributed by atoms with Gasteiger partial charge in [-0.3, -0.25) is 9.78 Å². The van der Waals surface area contributed by atoms with Gasteiger partial charge in [0.05, 0.1) is 17.8 Å². The highest BCUT2D eigenvalue weighted by atomic mass is 16.5. The minimum Gasteiger partial charge on any atom is -0.481 e. The monoisotopic (exact) mass is 379 g/mol. The molecule has 0 bridgehead atoms. The van der Waals surface area contributed by atoms with Crippen LogP contribution in [0.1, 0.15) is 42.3 Å². The number of carboxylic acids is 1. The number of hydrogen-bond acceptors (Lipinski definition) is 4. The zero-order valence-electron chi connectivity index (χ0n) is 16.3. The molecule has 0 fully saturated rings. The molecule has 6 heteroatoms. The Labute approximate surface area is 164 Å². The van der Waals surface area contributed by atoms with Crippen molar-refractivity contribution >= 4 is 17.6 Å². The number of nitrogens with zero attached hydrogens (tertiary/aromatic N) is 3. The van der Waals surface area contributed by atoms with Crippen LogP contribution < -0.4 is 0 Å². The Morgan fingerprint density at radius 3 is 2.86 bits per heavy atom. The van der Waals surface area contributed by atoms with Crippen molar-refractivity contribution in [3.8, 4) is 11.1 Å². The van der Waals surface area contributed by atoms with E-state index in [-0.39, 0.29) is 6.42 Å². The number of pyridine rings is 1. The molecule has 0 aliphatic rings. The van der Waals surface area contributed by atoms with Gasteiger partial charge in [0.1, 0.15) is 0 Å². The first-order valence-electron chi connectivity index (χ1n) is 9.40. The smallest absolute Gasteiger partial charge is 0.303 e. The van der Waals surface area contributed by atoms with Crippen LogP contribution in [-0.4, -0.2) is 32.8 Å². The number of carbonyl (C=O) groups is 1. The maximum atomic E-state index is 11.0. The molecule has 28 heavy (non-hydrogen) atoms. The Morgan fingerprint density at radius 2 is 2.18 bits per heavy atom. The molecule has 0 radical (unpaired) electrons. The van der Waals surface area contributed by atoms with Crippen molar-refractivity contribution in [2.45, 2.75) is 39.2 Å². The molecular formula is C22H25N3O3.